The van der Waals surface area contributed by atoms with Crippen molar-refractivity contribution in [2.75, 3.05) is 13.6 Å². The normalized spacial score (nSPS) is 26.1. The lowest BCUT2D eigenvalue weighted by atomic mass is 9.87. The van der Waals surface area contributed by atoms with Crippen molar-refractivity contribution >= 4 is 5.78 Å². The van der Waals surface area contributed by atoms with Crippen LogP contribution in [0.25, 0.3) is 0 Å². The lowest BCUT2D eigenvalue weighted by Gasteiger charge is -2.24. The molecule has 0 aliphatic carbocycles. The summed E-state index contributed by atoms with van der Waals surface area (Å²) in [7, 11) is 1.89. The van der Waals surface area contributed by atoms with Crippen molar-refractivity contribution in [2.45, 2.75) is 18.2 Å². The van der Waals surface area contributed by atoms with E-state index in [2.05, 4.69) is 0 Å². The molecule has 1 saturated heterocycles. The second-order valence-corrected chi connectivity index (χ2v) is 6.21. The van der Waals surface area contributed by atoms with Crippen LogP contribution in [0.1, 0.15) is 22.0 Å². The van der Waals surface area contributed by atoms with E-state index in [1.54, 1.807) is 0 Å². The molecule has 4 heteroatoms. The van der Waals surface area contributed by atoms with Crippen LogP contribution in [0, 0.1) is 5.92 Å². The topological polar surface area (TPSA) is 66.6 Å². The summed E-state index contributed by atoms with van der Waals surface area (Å²) in [5, 5.41) is 10.7. The highest BCUT2D eigenvalue weighted by Crippen LogP contribution is 2.33. The van der Waals surface area contributed by atoms with Crippen LogP contribution in [0.4, 0.5) is 0 Å². The van der Waals surface area contributed by atoms with E-state index in [0.717, 1.165) is 5.56 Å². The van der Waals surface area contributed by atoms with Crippen LogP contribution in [0.2, 0.25) is 0 Å². The summed E-state index contributed by atoms with van der Waals surface area (Å²) >= 11 is 0. The predicted octanol–water partition coefficient (Wildman–Crippen LogP) is 1.86. The van der Waals surface area contributed by atoms with Crippen molar-refractivity contribution in [1.29, 1.82) is 0 Å². The van der Waals surface area contributed by atoms with Gasteiger partial charge in [-0.25, -0.2) is 0 Å². The molecule has 0 amide bonds. The minimum absolute atomic E-state index is 0.0170. The Kier molecular flexibility index (Phi) is 4.57. The monoisotopic (exact) mass is 310 g/mol. The number of ketones is 1. The van der Waals surface area contributed by atoms with Gasteiger partial charge in [0.15, 0.2) is 5.78 Å². The van der Waals surface area contributed by atoms with Crippen LogP contribution in [-0.2, 0) is 0 Å². The predicted molar refractivity (Wildman–Crippen MR) is 90.1 cm³/mol. The number of nitrogens with two attached hydrogens (primary N) is 1. The van der Waals surface area contributed by atoms with E-state index in [1.165, 1.54) is 0 Å². The maximum atomic E-state index is 12.8. The molecule has 4 atom stereocenters. The summed E-state index contributed by atoms with van der Waals surface area (Å²) in [6.45, 7) is 0.598. The molecule has 4 nitrogen and oxygen atoms in total. The van der Waals surface area contributed by atoms with Gasteiger partial charge in [-0.05, 0) is 12.6 Å². The highest BCUT2D eigenvalue weighted by atomic mass is 16.3. The quantitative estimate of drug-likeness (QED) is 0.846. The smallest absolute Gasteiger partial charge is 0.181 e. The van der Waals surface area contributed by atoms with Crippen molar-refractivity contribution in [3.05, 3.63) is 71.8 Å². The van der Waals surface area contributed by atoms with Gasteiger partial charge in [-0.2, -0.15) is 0 Å². The average Bonchev–Trinajstić information content (AvgIpc) is 2.89. The molecule has 120 valence electrons. The Balaban J connectivity index is 1.81. The molecule has 1 heterocycles. The second kappa shape index (κ2) is 6.62. The molecule has 0 bridgehead atoms. The number of aliphatic hydroxyl groups excluding tert-OH is 1. The van der Waals surface area contributed by atoms with Gasteiger partial charge in [-0.15, -0.1) is 0 Å². The lowest BCUT2D eigenvalue weighted by Crippen LogP contribution is -2.46. The number of rotatable bonds is 4. The fraction of sp³-hybridized carbons (Fsp3) is 0.316. The third kappa shape index (κ3) is 3.06. The van der Waals surface area contributed by atoms with Crippen molar-refractivity contribution < 1.29 is 9.90 Å². The minimum Gasteiger partial charge on any atom is -0.388 e. The van der Waals surface area contributed by atoms with E-state index in [1.807, 2.05) is 72.6 Å². The Morgan fingerprint density at radius 3 is 2.30 bits per heavy atom. The molecule has 3 N–H and O–H groups in total. The highest BCUT2D eigenvalue weighted by molar-refractivity contribution is 6.00. The molecule has 0 radical (unpaired) electrons. The first kappa shape index (κ1) is 15.9. The average molecular weight is 310 g/mol. The van der Waals surface area contributed by atoms with Gasteiger partial charge in [0.2, 0.25) is 0 Å². The largest absolute Gasteiger partial charge is 0.388 e. The van der Waals surface area contributed by atoms with Crippen LogP contribution in [0.3, 0.4) is 0 Å². The number of likely N-dealkylation sites (tertiary alicyclic amines) is 1. The lowest BCUT2D eigenvalue weighted by molar-refractivity contribution is 0.0871. The van der Waals surface area contributed by atoms with Crippen LogP contribution < -0.4 is 5.73 Å². The van der Waals surface area contributed by atoms with E-state index in [4.69, 9.17) is 5.73 Å². The molecular weight excluding hydrogens is 288 g/mol. The summed E-state index contributed by atoms with van der Waals surface area (Å²) in [5.41, 5.74) is 7.87. The molecule has 23 heavy (non-hydrogen) atoms. The third-order valence-corrected chi connectivity index (χ3v) is 4.71. The maximum Gasteiger partial charge on any atom is 0.181 e. The first-order chi connectivity index (χ1) is 11.1. The summed E-state index contributed by atoms with van der Waals surface area (Å²) in [4.78, 5) is 14.7. The van der Waals surface area contributed by atoms with Gasteiger partial charge < -0.3 is 10.8 Å². The van der Waals surface area contributed by atoms with Crippen LogP contribution >= 0.6 is 0 Å². The number of Topliss-reactive ketones (excluding diaryl/α,β-unsaturated/α-hetero) is 1. The zero-order chi connectivity index (χ0) is 16.4. The molecule has 1 aliphatic rings. The van der Waals surface area contributed by atoms with Gasteiger partial charge in [0.05, 0.1) is 12.1 Å². The van der Waals surface area contributed by atoms with Gasteiger partial charge in [-0.1, -0.05) is 60.7 Å². The number of carbonyl (C=O) groups is 1. The summed E-state index contributed by atoms with van der Waals surface area (Å²) in [5.74, 6) is -0.150. The zero-order valence-electron chi connectivity index (χ0n) is 13.2. The first-order valence-electron chi connectivity index (χ1n) is 7.87. The van der Waals surface area contributed by atoms with Crippen molar-refractivity contribution in [1.82, 2.24) is 4.90 Å². The van der Waals surface area contributed by atoms with Crippen LogP contribution in [0.15, 0.2) is 60.7 Å². The molecule has 0 aromatic heterocycles. The Hall–Kier alpha value is -2.01. The van der Waals surface area contributed by atoms with Crippen molar-refractivity contribution in [3.8, 4) is 0 Å². The Labute approximate surface area is 136 Å². The first-order valence-corrected chi connectivity index (χ1v) is 7.87. The Morgan fingerprint density at radius 2 is 1.70 bits per heavy atom. The fourth-order valence-corrected chi connectivity index (χ4v) is 3.45. The van der Waals surface area contributed by atoms with Crippen molar-refractivity contribution in [2.24, 2.45) is 11.7 Å². The van der Waals surface area contributed by atoms with Gasteiger partial charge in [0.25, 0.3) is 0 Å². The molecular formula is C19H22N2O2. The molecule has 0 unspecified atom stereocenters. The minimum atomic E-state index is -0.665. The van der Waals surface area contributed by atoms with Crippen LogP contribution in [0.5, 0.6) is 0 Å². The number of likely N-dealkylation sites (N-methyl/N-ethyl adjacent to an activating group) is 1. The second-order valence-electron chi connectivity index (χ2n) is 6.21. The Morgan fingerprint density at radius 1 is 1.13 bits per heavy atom. The standard InChI is InChI=1S/C19H22N2O2/c1-21-12-15(18(22)13-8-4-2-5-9-13)16(20)17(21)19(23)14-10-6-3-7-11-14/h2-11,15-18,22H,12,20H2,1H3/t15-,16-,17-,18+/m1/s1. The third-order valence-electron chi connectivity index (χ3n) is 4.71. The number of hydrogen-bond donors (Lipinski definition) is 2. The van der Waals surface area contributed by atoms with E-state index in [0.29, 0.717) is 12.1 Å². The summed E-state index contributed by atoms with van der Waals surface area (Å²) < 4.78 is 0. The molecule has 1 aliphatic heterocycles. The highest BCUT2D eigenvalue weighted by Gasteiger charge is 2.45. The zero-order valence-corrected chi connectivity index (χ0v) is 13.2. The number of benzene rings is 2. The molecule has 1 fully saturated rings. The van der Waals surface area contributed by atoms with Gasteiger partial charge in [0, 0.05) is 24.1 Å². The van der Waals surface area contributed by atoms with Gasteiger partial charge in [-0.3, -0.25) is 9.69 Å². The fourth-order valence-electron chi connectivity index (χ4n) is 3.45. The van der Waals surface area contributed by atoms with E-state index < -0.39 is 18.2 Å². The molecule has 0 spiro atoms. The summed E-state index contributed by atoms with van der Waals surface area (Å²) in [6, 6.07) is 17.9. The summed E-state index contributed by atoms with van der Waals surface area (Å²) in [6.07, 6.45) is -0.665. The molecule has 0 saturated carbocycles. The van der Waals surface area contributed by atoms with Gasteiger partial charge >= 0.3 is 0 Å². The molecule has 2 aromatic rings. The van der Waals surface area contributed by atoms with Crippen LogP contribution in [-0.4, -0.2) is 41.5 Å². The number of nitrogens with zero attached hydrogens (tertiary/aromatic N) is 1. The number of aliphatic hydroxyl groups is 1. The molecule has 2 aromatic carbocycles. The SMILES string of the molecule is CN1C[C@@H]([C@@H](O)c2ccccc2)[C@@H](N)[C@@H]1C(=O)c1ccccc1. The van der Waals surface area contributed by atoms with E-state index in [-0.39, 0.29) is 11.7 Å². The van der Waals surface area contributed by atoms with E-state index >= 15 is 0 Å². The van der Waals surface area contributed by atoms with Gasteiger partial charge in [0.1, 0.15) is 0 Å². The van der Waals surface area contributed by atoms with Crippen molar-refractivity contribution in [3.63, 3.8) is 0 Å². The maximum absolute atomic E-state index is 12.8. The number of hydrogen-bond acceptors (Lipinski definition) is 4. The number of carbonyl (C=O) groups excluding carboxylic acids is 1. The van der Waals surface area contributed by atoms with E-state index in [9.17, 15) is 9.90 Å². The molecule has 3 rings (SSSR count). The Bertz CT molecular complexity index is 660.